The molecule has 0 atom stereocenters. The number of halogens is 1. The maximum Gasteiger partial charge on any atom is 0.374 e. The van der Waals surface area contributed by atoms with Gasteiger partial charge in [0.1, 0.15) is 0 Å². The molecule has 0 saturated carbocycles. The minimum absolute atomic E-state index is 0.00546. The van der Waals surface area contributed by atoms with Crippen molar-refractivity contribution in [2.24, 2.45) is 0 Å². The number of methoxy groups -OCH3 is 2. The Bertz CT molecular complexity index is 1120. The number of ether oxygens (including phenoxy) is 2. The van der Waals surface area contributed by atoms with Crippen molar-refractivity contribution in [2.45, 2.75) is 38.2 Å². The van der Waals surface area contributed by atoms with Crippen LogP contribution in [0.4, 0.5) is 11.8 Å². The zero-order valence-corrected chi connectivity index (χ0v) is 21.2. The van der Waals surface area contributed by atoms with Gasteiger partial charge in [0.2, 0.25) is 36.5 Å². The summed E-state index contributed by atoms with van der Waals surface area (Å²) in [5.41, 5.74) is 5.20. The van der Waals surface area contributed by atoms with Gasteiger partial charge in [-0.05, 0) is 39.8 Å². The third-order valence-electron chi connectivity index (χ3n) is 3.43. The normalized spacial score (nSPS) is 11.1. The number of rotatable bonds is 6. The molecule has 33 heavy (non-hydrogen) atoms. The summed E-state index contributed by atoms with van der Waals surface area (Å²) in [6.07, 6.45) is 0. The van der Waals surface area contributed by atoms with Crippen molar-refractivity contribution in [2.75, 3.05) is 24.7 Å². The summed E-state index contributed by atoms with van der Waals surface area (Å²) in [6.45, 7) is 6.13. The van der Waals surface area contributed by atoms with Gasteiger partial charge in [-0.25, -0.2) is 26.4 Å². The van der Waals surface area contributed by atoms with Gasteiger partial charge in [-0.15, -0.1) is 0 Å². The maximum absolute atomic E-state index is 11.5. The zero-order chi connectivity index (χ0) is 26.0. The van der Waals surface area contributed by atoms with Gasteiger partial charge in [0.05, 0.1) is 24.7 Å². The molecule has 2 aromatic rings. The standard InChI is InChI=1S/C9H13NO5S.C6H7NO3.C3H7ClO2S/c1-6(2)16(12,13)10-8-5-4-7(15-8)9(11)14-3;1-9-6(8)4-2-3-5(7)10-4;1-3(2)7(4,5)6/h4-6,10H,1-3H3;2-3H,7H2,1H3;3H,1-2H3. The monoisotopic (exact) mass is 530 g/mol. The molecule has 0 aliphatic heterocycles. The number of sulfonamides is 1. The molecule has 0 bridgehead atoms. The van der Waals surface area contributed by atoms with Crippen LogP contribution in [0.5, 0.6) is 0 Å². The van der Waals surface area contributed by atoms with Crippen molar-refractivity contribution in [3.63, 3.8) is 0 Å². The maximum atomic E-state index is 11.5. The van der Waals surface area contributed by atoms with Crippen LogP contribution in [0.3, 0.4) is 0 Å². The number of nitrogens with two attached hydrogens (primary N) is 1. The highest BCUT2D eigenvalue weighted by molar-refractivity contribution is 8.14. The van der Waals surface area contributed by atoms with E-state index in [1.165, 1.54) is 66.2 Å². The Hall–Kier alpha value is -2.71. The average molecular weight is 531 g/mol. The second kappa shape index (κ2) is 13.1. The van der Waals surface area contributed by atoms with E-state index in [-0.39, 0.29) is 23.3 Å². The molecule has 0 amide bonds. The van der Waals surface area contributed by atoms with Crippen LogP contribution in [-0.2, 0) is 28.5 Å². The van der Waals surface area contributed by atoms with Crippen molar-refractivity contribution in [1.82, 2.24) is 0 Å². The smallest absolute Gasteiger partial charge is 0.374 e. The van der Waals surface area contributed by atoms with Gasteiger partial charge in [0, 0.05) is 22.8 Å². The highest BCUT2D eigenvalue weighted by Crippen LogP contribution is 2.17. The summed E-state index contributed by atoms with van der Waals surface area (Å²) in [6, 6.07) is 5.64. The van der Waals surface area contributed by atoms with E-state index in [1.807, 2.05) is 0 Å². The van der Waals surface area contributed by atoms with E-state index in [1.54, 1.807) is 0 Å². The molecule has 0 aliphatic rings. The van der Waals surface area contributed by atoms with Gasteiger partial charge in [0.15, 0.2) is 5.88 Å². The van der Waals surface area contributed by atoms with Crippen LogP contribution in [0.2, 0.25) is 0 Å². The molecule has 2 rings (SSSR count). The van der Waals surface area contributed by atoms with Crippen LogP contribution in [0, 0.1) is 0 Å². The zero-order valence-electron chi connectivity index (χ0n) is 18.8. The van der Waals surface area contributed by atoms with Crippen molar-refractivity contribution in [3.8, 4) is 0 Å². The Morgan fingerprint density at radius 3 is 1.64 bits per heavy atom. The fourth-order valence-electron chi connectivity index (χ4n) is 1.42. The quantitative estimate of drug-likeness (QED) is 0.413. The summed E-state index contributed by atoms with van der Waals surface area (Å²) in [5.74, 6) is -0.898. The van der Waals surface area contributed by atoms with E-state index >= 15 is 0 Å². The Morgan fingerprint density at radius 1 is 0.879 bits per heavy atom. The molecular weight excluding hydrogens is 504 g/mol. The van der Waals surface area contributed by atoms with Crippen LogP contribution < -0.4 is 10.5 Å². The van der Waals surface area contributed by atoms with E-state index in [4.69, 9.17) is 25.3 Å². The first-order valence-corrected chi connectivity index (χ1v) is 13.0. The van der Waals surface area contributed by atoms with E-state index in [0.717, 1.165) is 0 Å². The number of furan rings is 2. The lowest BCUT2D eigenvalue weighted by molar-refractivity contribution is 0.0558. The van der Waals surface area contributed by atoms with Crippen molar-refractivity contribution in [3.05, 3.63) is 35.8 Å². The van der Waals surface area contributed by atoms with E-state index in [0.29, 0.717) is 0 Å². The van der Waals surface area contributed by atoms with Crippen LogP contribution in [0.1, 0.15) is 48.8 Å². The molecule has 12 nitrogen and oxygen atoms in total. The highest BCUT2D eigenvalue weighted by atomic mass is 35.7. The summed E-state index contributed by atoms with van der Waals surface area (Å²) in [5, 5.41) is -1.05. The third-order valence-corrected chi connectivity index (χ3v) is 7.35. The molecular formula is C18H27ClN2O10S2. The predicted molar refractivity (Wildman–Crippen MR) is 122 cm³/mol. The Kier molecular flexibility index (Phi) is 12.0. The molecule has 0 radical (unpaired) electrons. The number of anilines is 2. The molecule has 0 aliphatic carbocycles. The lowest BCUT2D eigenvalue weighted by Crippen LogP contribution is -2.22. The topological polar surface area (TPSA) is 185 Å². The number of nitrogens with one attached hydrogen (secondary N) is 1. The van der Waals surface area contributed by atoms with E-state index in [2.05, 4.69) is 14.2 Å². The van der Waals surface area contributed by atoms with E-state index < -0.39 is 41.5 Å². The largest absolute Gasteiger partial charge is 0.463 e. The SMILES string of the molecule is CC(C)S(=O)(=O)Cl.COC(=O)c1ccc(N)o1.COC(=O)c1ccc(NS(=O)(=O)C(C)C)o1. The van der Waals surface area contributed by atoms with Gasteiger partial charge in [0.25, 0.3) is 0 Å². The molecule has 188 valence electrons. The molecule has 3 N–H and O–H groups in total. The Labute approximate surface area is 196 Å². The molecule has 0 fully saturated rings. The summed E-state index contributed by atoms with van der Waals surface area (Å²) >= 11 is 0. The molecule has 15 heteroatoms. The Morgan fingerprint density at radius 2 is 1.30 bits per heavy atom. The van der Waals surface area contributed by atoms with Crippen molar-refractivity contribution in [1.29, 1.82) is 0 Å². The fraction of sp³-hybridized carbons (Fsp3) is 0.444. The predicted octanol–water partition coefficient (Wildman–Crippen LogP) is 2.83. The molecule has 0 spiro atoms. The molecule has 0 aromatic carbocycles. The summed E-state index contributed by atoms with van der Waals surface area (Å²) in [7, 11) is 0.595. The molecule has 0 saturated heterocycles. The fourth-order valence-corrected chi connectivity index (χ4v) is 2.05. The van der Waals surface area contributed by atoms with Gasteiger partial charge in [-0.2, -0.15) is 0 Å². The van der Waals surface area contributed by atoms with Gasteiger partial charge in [-0.1, -0.05) is 0 Å². The van der Waals surface area contributed by atoms with Gasteiger partial charge < -0.3 is 24.0 Å². The number of esters is 2. The van der Waals surface area contributed by atoms with E-state index in [9.17, 15) is 26.4 Å². The first kappa shape index (κ1) is 30.3. The number of hydrogen-bond donors (Lipinski definition) is 2. The first-order chi connectivity index (χ1) is 15.0. The van der Waals surface area contributed by atoms with Gasteiger partial charge in [-0.3, -0.25) is 4.72 Å². The van der Waals surface area contributed by atoms with Crippen LogP contribution >= 0.6 is 10.7 Å². The third kappa shape index (κ3) is 11.1. The first-order valence-electron chi connectivity index (χ1n) is 9.12. The van der Waals surface area contributed by atoms with Gasteiger partial charge >= 0.3 is 11.9 Å². The number of hydrogen-bond acceptors (Lipinski definition) is 11. The summed E-state index contributed by atoms with van der Waals surface area (Å²) in [4.78, 5) is 21.7. The highest BCUT2D eigenvalue weighted by Gasteiger charge is 2.19. The number of nitrogen functional groups attached to an aromatic ring is 1. The van der Waals surface area contributed by atoms with Crippen LogP contribution in [0.15, 0.2) is 33.1 Å². The number of carbonyl (C=O) groups excluding carboxylic acids is 2. The molecule has 2 heterocycles. The molecule has 2 aromatic heterocycles. The summed E-state index contributed by atoms with van der Waals surface area (Å²) < 4.78 is 63.8. The van der Waals surface area contributed by atoms with Crippen molar-refractivity contribution < 1.29 is 44.7 Å². The minimum Gasteiger partial charge on any atom is -0.463 e. The lowest BCUT2D eigenvalue weighted by atomic mass is 10.5. The average Bonchev–Trinajstić information content (AvgIpc) is 3.35. The van der Waals surface area contributed by atoms with Crippen LogP contribution in [0.25, 0.3) is 0 Å². The minimum atomic E-state index is -3.47. The second-order valence-electron chi connectivity index (χ2n) is 6.57. The number of carbonyl (C=O) groups is 2. The second-order valence-corrected chi connectivity index (χ2v) is 12.0. The molecule has 0 unspecified atom stereocenters. The lowest BCUT2D eigenvalue weighted by Gasteiger charge is -2.07. The van der Waals surface area contributed by atoms with Crippen molar-refractivity contribution >= 4 is 53.5 Å². The Balaban J connectivity index is 0.000000514. The van der Waals surface area contributed by atoms with Crippen LogP contribution in [-0.4, -0.2) is 53.5 Å².